The van der Waals surface area contributed by atoms with Gasteiger partial charge in [-0.1, -0.05) is 42.4 Å². The average Bonchev–Trinajstić information content (AvgIpc) is 3.14. The Bertz CT molecular complexity index is 688. The van der Waals surface area contributed by atoms with Crippen molar-refractivity contribution >= 4 is 6.03 Å². The Morgan fingerprint density at radius 1 is 1.32 bits per heavy atom. The molecule has 1 aliphatic rings. The second-order valence-electron chi connectivity index (χ2n) is 6.65. The lowest BCUT2D eigenvalue weighted by Gasteiger charge is -2.17. The van der Waals surface area contributed by atoms with Gasteiger partial charge in [0.2, 0.25) is 5.89 Å². The summed E-state index contributed by atoms with van der Waals surface area (Å²) < 4.78 is 5.03. The minimum absolute atomic E-state index is 0.144. The molecule has 2 atom stereocenters. The van der Waals surface area contributed by atoms with Crippen molar-refractivity contribution in [2.75, 3.05) is 19.6 Å². The maximum Gasteiger partial charge on any atom is 0.315 e. The number of hydrogen-bond donors (Lipinski definition) is 2. The van der Waals surface area contributed by atoms with Gasteiger partial charge in [0.1, 0.15) is 0 Å². The summed E-state index contributed by atoms with van der Waals surface area (Å²) in [5.41, 5.74) is 1.30. The predicted molar refractivity (Wildman–Crippen MR) is 93.9 cm³/mol. The van der Waals surface area contributed by atoms with Crippen LogP contribution in [0.15, 0.2) is 34.9 Å². The van der Waals surface area contributed by atoms with E-state index in [0.717, 1.165) is 19.6 Å². The number of benzene rings is 1. The Morgan fingerprint density at radius 2 is 2.12 bits per heavy atom. The molecule has 7 nitrogen and oxygen atoms in total. The molecule has 1 aromatic heterocycles. The molecule has 1 saturated heterocycles. The van der Waals surface area contributed by atoms with Crippen LogP contribution in [0, 0.1) is 12.8 Å². The van der Waals surface area contributed by atoms with Crippen LogP contribution in [0.3, 0.4) is 0 Å². The molecule has 25 heavy (non-hydrogen) atoms. The van der Waals surface area contributed by atoms with Crippen molar-refractivity contribution in [3.05, 3.63) is 47.6 Å². The predicted octanol–water partition coefficient (Wildman–Crippen LogP) is 1.74. The largest absolute Gasteiger partial charge is 0.339 e. The summed E-state index contributed by atoms with van der Waals surface area (Å²) in [7, 11) is 0. The third-order valence-corrected chi connectivity index (χ3v) is 4.45. The molecule has 0 unspecified atom stereocenters. The molecule has 2 amide bonds. The van der Waals surface area contributed by atoms with Crippen LogP contribution in [-0.4, -0.2) is 46.7 Å². The standard InChI is InChI=1S/C18H25N5O2/c1-13-10-23(11-15-6-4-3-5-7-15)12-16(13)21-18(24)19-9-8-17-20-14(2)22-25-17/h3-7,13,16H,8-12H2,1-2H3,(H2,19,21,24)/t13-,16-/m1/s1. The Labute approximate surface area is 147 Å². The van der Waals surface area contributed by atoms with Gasteiger partial charge in [0.15, 0.2) is 5.82 Å². The Hall–Kier alpha value is -2.41. The number of hydrogen-bond acceptors (Lipinski definition) is 5. The number of urea groups is 1. The first-order valence-corrected chi connectivity index (χ1v) is 8.70. The summed E-state index contributed by atoms with van der Waals surface area (Å²) in [5.74, 6) is 1.58. The van der Waals surface area contributed by atoms with Crippen LogP contribution in [-0.2, 0) is 13.0 Å². The van der Waals surface area contributed by atoms with E-state index in [1.165, 1.54) is 5.56 Å². The molecule has 1 fully saturated rings. The van der Waals surface area contributed by atoms with E-state index in [2.05, 4.69) is 56.9 Å². The minimum atomic E-state index is -0.144. The molecule has 0 bridgehead atoms. The van der Waals surface area contributed by atoms with Gasteiger partial charge in [0, 0.05) is 38.6 Å². The minimum Gasteiger partial charge on any atom is -0.339 e. The topological polar surface area (TPSA) is 83.3 Å². The van der Waals surface area contributed by atoms with E-state index in [-0.39, 0.29) is 12.1 Å². The fraction of sp³-hybridized carbons (Fsp3) is 0.500. The van der Waals surface area contributed by atoms with Gasteiger partial charge in [0.05, 0.1) is 0 Å². The zero-order valence-electron chi connectivity index (χ0n) is 14.7. The molecule has 2 aromatic rings. The summed E-state index contributed by atoms with van der Waals surface area (Å²) >= 11 is 0. The first-order valence-electron chi connectivity index (χ1n) is 8.70. The van der Waals surface area contributed by atoms with Crippen molar-refractivity contribution in [1.82, 2.24) is 25.7 Å². The zero-order valence-corrected chi connectivity index (χ0v) is 14.7. The molecule has 0 saturated carbocycles. The SMILES string of the molecule is Cc1noc(CCNC(=O)N[C@@H]2CN(Cc3ccccc3)C[C@H]2C)n1. The third-order valence-electron chi connectivity index (χ3n) is 4.45. The lowest BCUT2D eigenvalue weighted by molar-refractivity contribution is 0.234. The number of amides is 2. The van der Waals surface area contributed by atoms with Crippen LogP contribution >= 0.6 is 0 Å². The lowest BCUT2D eigenvalue weighted by Crippen LogP contribution is -2.45. The van der Waals surface area contributed by atoms with Crippen LogP contribution in [0.2, 0.25) is 0 Å². The smallest absolute Gasteiger partial charge is 0.315 e. The molecule has 2 N–H and O–H groups in total. The van der Waals surface area contributed by atoms with Gasteiger partial charge in [-0.15, -0.1) is 0 Å². The van der Waals surface area contributed by atoms with E-state index < -0.39 is 0 Å². The molecule has 0 aliphatic carbocycles. The molecule has 1 aromatic carbocycles. The number of nitrogens with one attached hydrogen (secondary N) is 2. The maximum atomic E-state index is 12.1. The number of carbonyl (C=O) groups excluding carboxylic acids is 1. The van der Waals surface area contributed by atoms with Crippen molar-refractivity contribution in [2.24, 2.45) is 5.92 Å². The fourth-order valence-electron chi connectivity index (χ4n) is 3.17. The summed E-state index contributed by atoms with van der Waals surface area (Å²) in [4.78, 5) is 18.6. The maximum absolute atomic E-state index is 12.1. The lowest BCUT2D eigenvalue weighted by atomic mass is 10.1. The van der Waals surface area contributed by atoms with Gasteiger partial charge in [-0.3, -0.25) is 4.90 Å². The second kappa shape index (κ2) is 8.11. The van der Waals surface area contributed by atoms with E-state index in [1.54, 1.807) is 6.92 Å². The normalized spacial score (nSPS) is 20.6. The van der Waals surface area contributed by atoms with E-state index >= 15 is 0 Å². The number of carbonyl (C=O) groups is 1. The van der Waals surface area contributed by atoms with Crippen molar-refractivity contribution in [3.63, 3.8) is 0 Å². The van der Waals surface area contributed by atoms with E-state index in [4.69, 9.17) is 4.52 Å². The summed E-state index contributed by atoms with van der Waals surface area (Å²) in [6.07, 6.45) is 0.536. The van der Waals surface area contributed by atoms with Gasteiger partial charge < -0.3 is 15.2 Å². The number of aromatic nitrogens is 2. The quantitative estimate of drug-likeness (QED) is 0.835. The van der Waals surface area contributed by atoms with Gasteiger partial charge in [-0.05, 0) is 18.4 Å². The highest BCUT2D eigenvalue weighted by Crippen LogP contribution is 2.18. The Balaban J connectivity index is 1.40. The van der Waals surface area contributed by atoms with E-state index in [1.807, 2.05) is 6.07 Å². The van der Waals surface area contributed by atoms with Crippen LogP contribution in [0.4, 0.5) is 4.79 Å². The number of nitrogens with zero attached hydrogens (tertiary/aromatic N) is 3. The molecule has 3 rings (SSSR count). The highest BCUT2D eigenvalue weighted by atomic mass is 16.5. The Kier molecular flexibility index (Phi) is 5.65. The monoisotopic (exact) mass is 343 g/mol. The number of likely N-dealkylation sites (tertiary alicyclic amines) is 1. The van der Waals surface area contributed by atoms with E-state index in [0.29, 0.717) is 30.6 Å². The molecule has 1 aliphatic heterocycles. The van der Waals surface area contributed by atoms with Crippen molar-refractivity contribution in [2.45, 2.75) is 32.9 Å². The molecular weight excluding hydrogens is 318 g/mol. The molecular formula is C18H25N5O2. The van der Waals surface area contributed by atoms with Gasteiger partial charge in [-0.25, -0.2) is 4.79 Å². The van der Waals surface area contributed by atoms with Gasteiger partial charge in [0.25, 0.3) is 0 Å². The first-order chi connectivity index (χ1) is 12.1. The summed E-state index contributed by atoms with van der Waals surface area (Å²) in [6, 6.07) is 10.4. The molecule has 2 heterocycles. The van der Waals surface area contributed by atoms with Gasteiger partial charge >= 0.3 is 6.03 Å². The number of rotatable bonds is 6. The first kappa shape index (κ1) is 17.4. The zero-order chi connectivity index (χ0) is 17.6. The molecule has 134 valence electrons. The van der Waals surface area contributed by atoms with Crippen molar-refractivity contribution in [3.8, 4) is 0 Å². The van der Waals surface area contributed by atoms with Crippen molar-refractivity contribution in [1.29, 1.82) is 0 Å². The van der Waals surface area contributed by atoms with Crippen LogP contribution in [0.5, 0.6) is 0 Å². The van der Waals surface area contributed by atoms with Crippen LogP contribution in [0.1, 0.15) is 24.2 Å². The second-order valence-corrected chi connectivity index (χ2v) is 6.65. The number of aryl methyl sites for hydroxylation is 1. The molecule has 7 heteroatoms. The summed E-state index contributed by atoms with van der Waals surface area (Å²) in [5, 5.41) is 9.66. The highest BCUT2D eigenvalue weighted by Gasteiger charge is 2.30. The summed E-state index contributed by atoms with van der Waals surface area (Å²) in [6.45, 7) is 7.20. The Morgan fingerprint density at radius 3 is 2.84 bits per heavy atom. The highest BCUT2D eigenvalue weighted by molar-refractivity contribution is 5.74. The van der Waals surface area contributed by atoms with E-state index in [9.17, 15) is 4.79 Å². The molecule has 0 radical (unpaired) electrons. The van der Waals surface area contributed by atoms with Gasteiger partial charge in [-0.2, -0.15) is 4.98 Å². The molecule has 0 spiro atoms. The third kappa shape index (κ3) is 5.03. The van der Waals surface area contributed by atoms with Crippen molar-refractivity contribution < 1.29 is 9.32 Å². The van der Waals surface area contributed by atoms with Crippen LogP contribution in [0.25, 0.3) is 0 Å². The fourth-order valence-corrected chi connectivity index (χ4v) is 3.17. The average molecular weight is 343 g/mol. The van der Waals surface area contributed by atoms with Crippen LogP contribution < -0.4 is 10.6 Å².